The van der Waals surface area contributed by atoms with E-state index in [1.165, 1.54) is 18.3 Å². The smallest absolute Gasteiger partial charge is 0.335 e. The van der Waals surface area contributed by atoms with Gasteiger partial charge in [0.15, 0.2) is 0 Å². The van der Waals surface area contributed by atoms with E-state index in [4.69, 9.17) is 10.4 Å². The van der Waals surface area contributed by atoms with E-state index in [9.17, 15) is 4.79 Å². The second-order valence-electron chi connectivity index (χ2n) is 3.67. The molecule has 0 aliphatic carbocycles. The SMILES string of the molecule is N#Cc1ccc(Nc2ccc(C(=O)O)cc2Br)cn1. The van der Waals surface area contributed by atoms with Crippen LogP contribution >= 0.6 is 15.9 Å². The van der Waals surface area contributed by atoms with Crippen LogP contribution in [0.2, 0.25) is 0 Å². The number of halogens is 1. The highest BCUT2D eigenvalue weighted by Gasteiger charge is 2.07. The Morgan fingerprint density at radius 3 is 2.68 bits per heavy atom. The zero-order valence-corrected chi connectivity index (χ0v) is 11.2. The van der Waals surface area contributed by atoms with E-state index < -0.39 is 5.97 Å². The van der Waals surface area contributed by atoms with Gasteiger partial charge in [-0.3, -0.25) is 0 Å². The van der Waals surface area contributed by atoms with Gasteiger partial charge in [-0.25, -0.2) is 9.78 Å². The van der Waals surface area contributed by atoms with E-state index in [-0.39, 0.29) is 5.56 Å². The van der Waals surface area contributed by atoms with Crippen molar-refractivity contribution in [3.8, 4) is 6.07 Å². The van der Waals surface area contributed by atoms with E-state index in [1.54, 1.807) is 18.2 Å². The summed E-state index contributed by atoms with van der Waals surface area (Å²) in [6.45, 7) is 0. The molecule has 2 aromatic rings. The molecule has 94 valence electrons. The third-order valence-corrected chi connectivity index (χ3v) is 3.03. The molecule has 0 radical (unpaired) electrons. The van der Waals surface area contributed by atoms with E-state index in [0.717, 1.165) is 5.69 Å². The molecule has 1 heterocycles. The van der Waals surface area contributed by atoms with E-state index >= 15 is 0 Å². The molecule has 2 rings (SSSR count). The van der Waals surface area contributed by atoms with Gasteiger partial charge in [0.1, 0.15) is 11.8 Å². The van der Waals surface area contributed by atoms with Gasteiger partial charge in [0.05, 0.1) is 23.1 Å². The summed E-state index contributed by atoms with van der Waals surface area (Å²) in [4.78, 5) is 14.7. The summed E-state index contributed by atoms with van der Waals surface area (Å²) in [5.74, 6) is -0.979. The molecule has 0 saturated carbocycles. The number of anilines is 2. The lowest BCUT2D eigenvalue weighted by Gasteiger charge is -2.08. The average Bonchev–Trinajstić information content (AvgIpc) is 2.41. The summed E-state index contributed by atoms with van der Waals surface area (Å²) in [6, 6.07) is 9.94. The minimum Gasteiger partial charge on any atom is -0.478 e. The molecule has 6 heteroatoms. The fourth-order valence-electron chi connectivity index (χ4n) is 1.44. The van der Waals surface area contributed by atoms with Crippen LogP contribution in [0.3, 0.4) is 0 Å². The Labute approximate surface area is 117 Å². The van der Waals surface area contributed by atoms with Crippen molar-refractivity contribution in [3.05, 3.63) is 52.3 Å². The maximum Gasteiger partial charge on any atom is 0.335 e. The lowest BCUT2D eigenvalue weighted by molar-refractivity contribution is 0.0697. The second kappa shape index (κ2) is 5.50. The summed E-state index contributed by atoms with van der Waals surface area (Å²) < 4.78 is 0.636. The Balaban J connectivity index is 2.23. The molecule has 0 bridgehead atoms. The normalized spacial score (nSPS) is 9.68. The highest BCUT2D eigenvalue weighted by atomic mass is 79.9. The number of carbonyl (C=O) groups is 1. The number of nitrogens with zero attached hydrogens (tertiary/aromatic N) is 2. The van der Waals surface area contributed by atoms with Crippen LogP contribution in [-0.2, 0) is 0 Å². The molecule has 19 heavy (non-hydrogen) atoms. The number of benzene rings is 1. The number of aromatic nitrogens is 1. The molecule has 0 atom stereocenters. The molecule has 0 aliphatic heterocycles. The first-order chi connectivity index (χ1) is 9.10. The van der Waals surface area contributed by atoms with Gasteiger partial charge in [0.25, 0.3) is 0 Å². The molecule has 0 spiro atoms. The molecule has 0 saturated heterocycles. The molecule has 2 N–H and O–H groups in total. The van der Waals surface area contributed by atoms with Crippen LogP contribution in [0, 0.1) is 11.3 Å². The molecule has 0 amide bonds. The quantitative estimate of drug-likeness (QED) is 0.908. The maximum atomic E-state index is 10.8. The van der Waals surface area contributed by atoms with Crippen LogP contribution in [0.4, 0.5) is 11.4 Å². The van der Waals surface area contributed by atoms with E-state index in [0.29, 0.717) is 15.9 Å². The molecule has 0 unspecified atom stereocenters. The second-order valence-corrected chi connectivity index (χ2v) is 4.52. The fraction of sp³-hybridized carbons (Fsp3) is 0. The fourth-order valence-corrected chi connectivity index (χ4v) is 1.92. The molecule has 0 fully saturated rings. The number of carboxylic acid groups (broad SMARTS) is 1. The van der Waals surface area contributed by atoms with Gasteiger partial charge in [0, 0.05) is 4.47 Å². The molecular weight excluding hydrogens is 310 g/mol. The maximum absolute atomic E-state index is 10.8. The van der Waals surface area contributed by atoms with Crippen molar-refractivity contribution >= 4 is 33.3 Å². The molecule has 1 aromatic heterocycles. The minimum absolute atomic E-state index is 0.204. The monoisotopic (exact) mass is 317 g/mol. The first-order valence-electron chi connectivity index (χ1n) is 5.26. The number of hydrogen-bond acceptors (Lipinski definition) is 4. The molecule has 5 nitrogen and oxygen atoms in total. The Kier molecular flexibility index (Phi) is 3.78. The van der Waals surface area contributed by atoms with Crippen LogP contribution in [0.25, 0.3) is 0 Å². The summed E-state index contributed by atoms with van der Waals surface area (Å²) in [7, 11) is 0. The number of pyridine rings is 1. The number of nitrogens with one attached hydrogen (secondary N) is 1. The third kappa shape index (κ3) is 3.09. The summed E-state index contributed by atoms with van der Waals surface area (Å²) in [6.07, 6.45) is 1.54. The lowest BCUT2D eigenvalue weighted by atomic mass is 10.2. The number of hydrogen-bond donors (Lipinski definition) is 2. The molecular formula is C13H8BrN3O2. The van der Waals surface area contributed by atoms with Gasteiger partial charge in [-0.1, -0.05) is 0 Å². The Morgan fingerprint density at radius 1 is 1.37 bits per heavy atom. The van der Waals surface area contributed by atoms with Gasteiger partial charge < -0.3 is 10.4 Å². The van der Waals surface area contributed by atoms with Crippen molar-refractivity contribution in [2.75, 3.05) is 5.32 Å². The predicted octanol–water partition coefficient (Wildman–Crippen LogP) is 3.16. The van der Waals surface area contributed by atoms with Crippen molar-refractivity contribution in [2.24, 2.45) is 0 Å². The van der Waals surface area contributed by atoms with Gasteiger partial charge in [-0.05, 0) is 46.3 Å². The Bertz CT molecular complexity index is 663. The molecule has 0 aliphatic rings. The largest absolute Gasteiger partial charge is 0.478 e. The topological polar surface area (TPSA) is 86.0 Å². The van der Waals surface area contributed by atoms with Crippen molar-refractivity contribution in [3.63, 3.8) is 0 Å². The van der Waals surface area contributed by atoms with Gasteiger partial charge in [0.2, 0.25) is 0 Å². The highest BCUT2D eigenvalue weighted by Crippen LogP contribution is 2.26. The lowest BCUT2D eigenvalue weighted by Crippen LogP contribution is -1.98. The third-order valence-electron chi connectivity index (χ3n) is 2.37. The van der Waals surface area contributed by atoms with Crippen molar-refractivity contribution in [1.82, 2.24) is 4.98 Å². The predicted molar refractivity (Wildman–Crippen MR) is 73.3 cm³/mol. The van der Waals surface area contributed by atoms with Crippen LogP contribution in [0.15, 0.2) is 41.0 Å². The molecule has 1 aromatic carbocycles. The van der Waals surface area contributed by atoms with Gasteiger partial charge >= 0.3 is 5.97 Å². The Hall–Kier alpha value is -2.39. The summed E-state index contributed by atoms with van der Waals surface area (Å²) >= 11 is 3.30. The van der Waals surface area contributed by atoms with Crippen molar-refractivity contribution in [2.45, 2.75) is 0 Å². The van der Waals surface area contributed by atoms with Crippen LogP contribution < -0.4 is 5.32 Å². The zero-order chi connectivity index (χ0) is 13.8. The van der Waals surface area contributed by atoms with Crippen molar-refractivity contribution in [1.29, 1.82) is 5.26 Å². The summed E-state index contributed by atoms with van der Waals surface area (Å²) in [5.41, 5.74) is 1.97. The first kappa shape index (κ1) is 13.1. The first-order valence-corrected chi connectivity index (χ1v) is 6.05. The van der Waals surface area contributed by atoms with E-state index in [1.807, 2.05) is 6.07 Å². The Morgan fingerprint density at radius 2 is 2.16 bits per heavy atom. The number of aromatic carboxylic acids is 1. The van der Waals surface area contributed by atoms with Crippen LogP contribution in [-0.4, -0.2) is 16.1 Å². The highest BCUT2D eigenvalue weighted by molar-refractivity contribution is 9.10. The van der Waals surface area contributed by atoms with Crippen molar-refractivity contribution < 1.29 is 9.90 Å². The standard InChI is InChI=1S/C13H8BrN3O2/c14-11-5-8(13(18)19)1-4-12(11)17-10-3-2-9(6-15)16-7-10/h1-5,7,17H,(H,18,19). The van der Waals surface area contributed by atoms with Crippen LogP contribution in [0.1, 0.15) is 16.1 Å². The van der Waals surface area contributed by atoms with Gasteiger partial charge in [-0.15, -0.1) is 0 Å². The number of carboxylic acids is 1. The average molecular weight is 318 g/mol. The van der Waals surface area contributed by atoms with Crippen LogP contribution in [0.5, 0.6) is 0 Å². The van der Waals surface area contributed by atoms with E-state index in [2.05, 4.69) is 26.2 Å². The minimum atomic E-state index is -0.979. The summed E-state index contributed by atoms with van der Waals surface area (Å²) in [5, 5.41) is 20.6. The number of rotatable bonds is 3. The zero-order valence-electron chi connectivity index (χ0n) is 9.59. The van der Waals surface area contributed by atoms with Gasteiger partial charge in [-0.2, -0.15) is 5.26 Å². The number of nitriles is 1.